The van der Waals surface area contributed by atoms with Gasteiger partial charge in [0.15, 0.2) is 8.32 Å². The minimum absolute atomic E-state index is 0.0737. The normalized spacial score (nSPS) is 16.7. The smallest absolute Gasteiger partial charge is 0.407 e. The summed E-state index contributed by atoms with van der Waals surface area (Å²) in [5.74, 6) is 0.0879. The van der Waals surface area contributed by atoms with Gasteiger partial charge >= 0.3 is 6.09 Å². The van der Waals surface area contributed by atoms with E-state index >= 15 is 0 Å². The van der Waals surface area contributed by atoms with E-state index < -0.39 is 44.1 Å². The van der Waals surface area contributed by atoms with Crippen molar-refractivity contribution in [1.29, 1.82) is 0 Å². The van der Waals surface area contributed by atoms with Crippen molar-refractivity contribution in [1.82, 2.24) is 30.7 Å². The van der Waals surface area contributed by atoms with Gasteiger partial charge in [0, 0.05) is 24.9 Å². The van der Waals surface area contributed by atoms with Gasteiger partial charge in [0.1, 0.15) is 23.8 Å². The van der Waals surface area contributed by atoms with Crippen LogP contribution in [0.5, 0.6) is 0 Å². The molecule has 296 valence electrons. The van der Waals surface area contributed by atoms with Crippen molar-refractivity contribution >= 4 is 26.2 Å². The Balaban J connectivity index is 1.66. The van der Waals surface area contributed by atoms with Crippen LogP contribution in [0.2, 0.25) is 18.1 Å². The number of aromatic nitrogens is 3. The van der Waals surface area contributed by atoms with Gasteiger partial charge in [-0.05, 0) is 88.1 Å². The zero-order chi connectivity index (χ0) is 39.7. The molecule has 0 bridgehead atoms. The van der Waals surface area contributed by atoms with E-state index in [1.807, 2.05) is 100 Å². The van der Waals surface area contributed by atoms with Gasteiger partial charge in [0.2, 0.25) is 11.8 Å². The van der Waals surface area contributed by atoms with Gasteiger partial charge in [0.05, 0.1) is 12.1 Å². The van der Waals surface area contributed by atoms with Crippen molar-refractivity contribution in [3.8, 4) is 0 Å². The Morgan fingerprint density at radius 3 is 1.96 bits per heavy atom. The first kappa shape index (κ1) is 42.7. The molecule has 1 saturated heterocycles. The first-order valence-electron chi connectivity index (χ1n) is 19.5. The van der Waals surface area contributed by atoms with Gasteiger partial charge in [-0.15, -0.1) is 0 Å². The second kappa shape index (κ2) is 18.5. The van der Waals surface area contributed by atoms with E-state index in [9.17, 15) is 14.4 Å². The fourth-order valence-corrected chi connectivity index (χ4v) is 8.05. The highest BCUT2D eigenvalue weighted by atomic mass is 28.4. The summed E-state index contributed by atoms with van der Waals surface area (Å²) in [6.07, 6.45) is 3.24. The first-order chi connectivity index (χ1) is 25.3. The third-order valence-electron chi connectivity index (χ3n) is 10.8. The third-order valence-corrected chi connectivity index (χ3v) is 15.3. The van der Waals surface area contributed by atoms with E-state index in [2.05, 4.69) is 59.7 Å². The van der Waals surface area contributed by atoms with E-state index in [4.69, 9.17) is 9.16 Å². The fraction of sp³-hybridized carbons (Fsp3) is 0.595. The summed E-state index contributed by atoms with van der Waals surface area (Å²) >= 11 is 0. The Kier molecular flexibility index (Phi) is 14.7. The van der Waals surface area contributed by atoms with Gasteiger partial charge in [-0.25, -0.2) is 9.78 Å². The molecular formula is C42H64N6O5Si. The molecular weight excluding hydrogens is 697 g/mol. The molecule has 11 nitrogen and oxygen atoms in total. The van der Waals surface area contributed by atoms with Gasteiger partial charge in [-0.3, -0.25) is 14.7 Å². The number of rotatable bonds is 15. The van der Waals surface area contributed by atoms with Gasteiger partial charge < -0.3 is 24.7 Å². The maximum Gasteiger partial charge on any atom is 0.407 e. The number of ether oxygens (including phenoxy) is 1. The third kappa shape index (κ3) is 12.5. The highest BCUT2D eigenvalue weighted by Crippen LogP contribution is 2.39. The summed E-state index contributed by atoms with van der Waals surface area (Å²) < 4.78 is 13.0. The highest BCUT2D eigenvalue weighted by Gasteiger charge is 2.43. The second-order valence-corrected chi connectivity index (χ2v) is 22.4. The number of alkyl carbamates (subject to hydrolysis) is 1. The number of likely N-dealkylation sites (tertiary alicyclic amines) is 1. The average Bonchev–Trinajstić information content (AvgIpc) is 3.64. The number of hydrogen-bond donors (Lipinski definition) is 3. The minimum atomic E-state index is -2.45. The molecule has 1 aliphatic rings. The average molecular weight is 761 g/mol. The summed E-state index contributed by atoms with van der Waals surface area (Å²) in [6, 6.07) is 18.7. The van der Waals surface area contributed by atoms with Crippen LogP contribution in [0.15, 0.2) is 67.0 Å². The molecule has 0 radical (unpaired) electrons. The molecule has 0 spiro atoms. The molecule has 2 aromatic carbocycles. The van der Waals surface area contributed by atoms with Crippen LogP contribution in [0.25, 0.3) is 0 Å². The maximum atomic E-state index is 14.7. The van der Waals surface area contributed by atoms with Crippen molar-refractivity contribution in [2.75, 3.05) is 13.1 Å². The number of amides is 3. The summed E-state index contributed by atoms with van der Waals surface area (Å²) in [6.45, 7) is 21.6. The monoisotopic (exact) mass is 760 g/mol. The molecule has 4 atom stereocenters. The Morgan fingerprint density at radius 2 is 1.46 bits per heavy atom. The Bertz CT molecular complexity index is 1610. The van der Waals surface area contributed by atoms with Crippen LogP contribution in [-0.2, 0) is 31.6 Å². The molecule has 0 aliphatic carbocycles. The lowest BCUT2D eigenvalue weighted by atomic mass is 9.88. The summed E-state index contributed by atoms with van der Waals surface area (Å²) in [5, 5.41) is 13.2. The molecule has 12 heteroatoms. The number of carbonyl (C=O) groups is 3. The molecule has 0 unspecified atom stereocenters. The largest absolute Gasteiger partial charge is 0.444 e. The van der Waals surface area contributed by atoms with Gasteiger partial charge in [-0.1, -0.05) is 95.3 Å². The summed E-state index contributed by atoms with van der Waals surface area (Å²) in [4.78, 5) is 48.5. The van der Waals surface area contributed by atoms with Crippen LogP contribution in [0.3, 0.4) is 0 Å². The topological polar surface area (TPSA) is 139 Å². The predicted octanol–water partition coefficient (Wildman–Crippen LogP) is 7.43. The van der Waals surface area contributed by atoms with Crippen LogP contribution in [0.4, 0.5) is 4.79 Å². The quantitative estimate of drug-likeness (QED) is 0.137. The second-order valence-electron chi connectivity index (χ2n) is 17.7. The van der Waals surface area contributed by atoms with Crippen LogP contribution in [0.1, 0.15) is 97.5 Å². The van der Waals surface area contributed by atoms with Crippen LogP contribution < -0.4 is 10.6 Å². The maximum absolute atomic E-state index is 14.7. The number of benzene rings is 2. The molecule has 54 heavy (non-hydrogen) atoms. The lowest BCUT2D eigenvalue weighted by Crippen LogP contribution is -2.56. The van der Waals surface area contributed by atoms with Crippen LogP contribution >= 0.6 is 0 Å². The summed E-state index contributed by atoms with van der Waals surface area (Å²) in [5.41, 5.74) is 1.34. The van der Waals surface area contributed by atoms with Gasteiger partial charge in [-0.2, -0.15) is 5.10 Å². The van der Waals surface area contributed by atoms with Crippen molar-refractivity contribution in [3.05, 3.63) is 83.9 Å². The Morgan fingerprint density at radius 1 is 0.889 bits per heavy atom. The van der Waals surface area contributed by atoms with E-state index in [1.54, 1.807) is 0 Å². The Hall–Kier alpha value is -4.03. The van der Waals surface area contributed by atoms with Crippen molar-refractivity contribution in [2.24, 2.45) is 11.8 Å². The molecule has 2 heterocycles. The molecule has 0 saturated carbocycles. The SMILES string of the molecule is CC(C)[C@H](NC(=O)[C@@H](Cc1ccccc1)C[C@@H](O[Si](C)(C)C(C)(C)C)[C@H](Cc1ccccc1)NC(=O)OC(C)(C)C)C(=O)N1CCC(c2ncn[nH]2)CC1. The fourth-order valence-electron chi connectivity index (χ4n) is 6.68. The summed E-state index contributed by atoms with van der Waals surface area (Å²) in [7, 11) is -2.45. The van der Waals surface area contributed by atoms with Crippen LogP contribution in [-0.4, -0.2) is 83.2 Å². The number of nitrogens with zero attached hydrogens (tertiary/aromatic N) is 3. The zero-order valence-corrected chi connectivity index (χ0v) is 35.1. The van der Waals surface area contributed by atoms with E-state index in [0.717, 1.165) is 29.8 Å². The van der Waals surface area contributed by atoms with Crippen molar-refractivity contribution in [3.63, 3.8) is 0 Å². The number of piperidine rings is 1. The molecule has 3 amide bonds. The molecule has 3 N–H and O–H groups in total. The first-order valence-corrected chi connectivity index (χ1v) is 22.4. The lowest BCUT2D eigenvalue weighted by molar-refractivity contribution is -0.139. The number of nitrogens with one attached hydrogen (secondary N) is 3. The van der Waals surface area contributed by atoms with E-state index in [1.165, 1.54) is 6.33 Å². The number of H-pyrrole nitrogens is 1. The lowest BCUT2D eigenvalue weighted by Gasteiger charge is -2.42. The number of hydrogen-bond acceptors (Lipinski definition) is 7. The van der Waals surface area contributed by atoms with Gasteiger partial charge in [0.25, 0.3) is 0 Å². The molecule has 1 aromatic heterocycles. The number of carbonyl (C=O) groups excluding carboxylic acids is 3. The van der Waals surface area contributed by atoms with E-state index in [0.29, 0.717) is 32.4 Å². The molecule has 1 fully saturated rings. The highest BCUT2D eigenvalue weighted by molar-refractivity contribution is 6.74. The zero-order valence-electron chi connectivity index (χ0n) is 34.1. The standard InChI is InChI=1S/C42H64N6O5Si/c1-29(2)36(39(50)48-23-21-32(22-24-48)37-43-28-44-47-37)46-38(49)33(25-30-17-13-11-14-18-30)27-35(53-54(9,10)42(6,7)8)34(26-31-19-15-12-16-20-31)45-40(51)52-41(3,4)5/h11-20,28-29,32-36H,21-27H2,1-10H3,(H,45,51)(H,46,49)(H,43,44,47)/t33-,34-,35+,36-/m0/s1. The Labute approximate surface area is 323 Å². The predicted molar refractivity (Wildman–Crippen MR) is 215 cm³/mol. The molecule has 3 aromatic rings. The molecule has 4 rings (SSSR count). The number of aromatic amines is 1. The minimum Gasteiger partial charge on any atom is -0.444 e. The van der Waals surface area contributed by atoms with Crippen LogP contribution in [0, 0.1) is 11.8 Å². The van der Waals surface area contributed by atoms with E-state index in [-0.39, 0.29) is 28.7 Å². The van der Waals surface area contributed by atoms with Crippen molar-refractivity contribution < 1.29 is 23.5 Å². The molecule has 1 aliphatic heterocycles. The van der Waals surface area contributed by atoms with Crippen molar-refractivity contribution in [2.45, 2.75) is 135 Å².